The zero-order valence-corrected chi connectivity index (χ0v) is 14.3. The molecule has 1 amide bonds. The van der Waals surface area contributed by atoms with Crippen molar-refractivity contribution in [2.75, 3.05) is 18.4 Å². The predicted octanol–water partition coefficient (Wildman–Crippen LogP) is 1.77. The van der Waals surface area contributed by atoms with Gasteiger partial charge in [0.2, 0.25) is 5.91 Å². The van der Waals surface area contributed by atoms with E-state index in [9.17, 15) is 4.79 Å². The summed E-state index contributed by atoms with van der Waals surface area (Å²) in [5, 5.41) is 10.5. The Kier molecular flexibility index (Phi) is 5.31. The first-order valence-electron chi connectivity index (χ1n) is 7.77. The van der Waals surface area contributed by atoms with Crippen LogP contribution in [0.1, 0.15) is 31.1 Å². The van der Waals surface area contributed by atoms with Crippen molar-refractivity contribution < 1.29 is 4.79 Å². The third-order valence-electron chi connectivity index (χ3n) is 3.31. The molecule has 0 aromatic carbocycles. The number of amides is 1. The smallest absolute Gasteiger partial charge is 0.222 e. The summed E-state index contributed by atoms with van der Waals surface area (Å²) >= 11 is 0. The molecule has 0 saturated heterocycles. The van der Waals surface area contributed by atoms with E-state index in [1.54, 1.807) is 4.68 Å². The fourth-order valence-corrected chi connectivity index (χ4v) is 2.19. The van der Waals surface area contributed by atoms with Crippen LogP contribution in [0.5, 0.6) is 0 Å². The first-order valence-corrected chi connectivity index (χ1v) is 7.77. The van der Waals surface area contributed by atoms with Gasteiger partial charge in [0.05, 0.1) is 5.69 Å². The van der Waals surface area contributed by atoms with E-state index in [-0.39, 0.29) is 11.8 Å². The molecule has 0 bridgehead atoms. The molecule has 0 unspecified atom stereocenters. The van der Waals surface area contributed by atoms with Gasteiger partial charge in [-0.3, -0.25) is 4.79 Å². The van der Waals surface area contributed by atoms with Gasteiger partial charge in [-0.1, -0.05) is 13.8 Å². The lowest BCUT2D eigenvalue weighted by Crippen LogP contribution is -2.32. The molecule has 0 atom stereocenters. The highest BCUT2D eigenvalue weighted by atomic mass is 16.1. The lowest BCUT2D eigenvalue weighted by atomic mass is 10.2. The van der Waals surface area contributed by atoms with Crippen LogP contribution >= 0.6 is 0 Å². The van der Waals surface area contributed by atoms with Crippen molar-refractivity contribution in [2.45, 2.75) is 34.6 Å². The van der Waals surface area contributed by atoms with Crippen LogP contribution in [-0.2, 0) is 4.79 Å². The maximum atomic E-state index is 11.5. The van der Waals surface area contributed by atoms with E-state index < -0.39 is 0 Å². The molecule has 0 radical (unpaired) electrons. The molecule has 0 aliphatic heterocycles. The quantitative estimate of drug-likeness (QED) is 0.793. The first-order chi connectivity index (χ1) is 10.9. The maximum absolute atomic E-state index is 11.5. The zero-order chi connectivity index (χ0) is 17.0. The summed E-state index contributed by atoms with van der Waals surface area (Å²) in [5.74, 6) is 2.17. The van der Waals surface area contributed by atoms with Gasteiger partial charge in [-0.15, -0.1) is 0 Å². The fourth-order valence-electron chi connectivity index (χ4n) is 2.19. The first kappa shape index (κ1) is 16.9. The van der Waals surface area contributed by atoms with E-state index in [1.807, 2.05) is 46.8 Å². The standard InChI is InChI=1S/C16H24N6O/c1-10(2)16(23)18-7-6-17-14-9-15(20-13(5)19-14)22-12(4)8-11(3)21-22/h8-10H,6-7H2,1-5H3,(H,18,23)(H,17,19,20). The SMILES string of the molecule is Cc1cc(C)n(-c2cc(NCCNC(=O)C(C)C)nc(C)n2)n1. The van der Waals surface area contributed by atoms with E-state index in [1.165, 1.54) is 0 Å². The van der Waals surface area contributed by atoms with Crippen molar-refractivity contribution in [2.24, 2.45) is 5.92 Å². The lowest BCUT2D eigenvalue weighted by molar-refractivity contribution is -0.123. The molecule has 0 fully saturated rings. The van der Waals surface area contributed by atoms with Gasteiger partial charge in [-0.2, -0.15) is 5.10 Å². The largest absolute Gasteiger partial charge is 0.368 e. The van der Waals surface area contributed by atoms with Gasteiger partial charge >= 0.3 is 0 Å². The Labute approximate surface area is 136 Å². The molecular formula is C16H24N6O. The molecule has 2 rings (SSSR count). The van der Waals surface area contributed by atoms with Crippen molar-refractivity contribution in [1.29, 1.82) is 0 Å². The van der Waals surface area contributed by atoms with Crippen molar-refractivity contribution >= 4 is 11.7 Å². The Bertz CT molecular complexity index is 692. The normalized spacial score (nSPS) is 10.9. The molecular weight excluding hydrogens is 292 g/mol. The molecule has 2 aromatic rings. The number of hydrogen-bond acceptors (Lipinski definition) is 5. The minimum absolute atomic E-state index is 0.00562. The van der Waals surface area contributed by atoms with Crippen LogP contribution in [0.25, 0.3) is 5.82 Å². The van der Waals surface area contributed by atoms with Crippen LogP contribution < -0.4 is 10.6 Å². The number of nitrogens with zero attached hydrogens (tertiary/aromatic N) is 4. The third-order valence-corrected chi connectivity index (χ3v) is 3.31. The van der Waals surface area contributed by atoms with Gasteiger partial charge in [-0.25, -0.2) is 14.6 Å². The molecule has 2 N–H and O–H groups in total. The molecule has 0 aliphatic rings. The summed E-state index contributed by atoms with van der Waals surface area (Å²) in [7, 11) is 0. The second kappa shape index (κ2) is 7.21. The van der Waals surface area contributed by atoms with Gasteiger partial charge < -0.3 is 10.6 Å². The molecule has 2 aromatic heterocycles. The highest BCUT2D eigenvalue weighted by Gasteiger charge is 2.09. The topological polar surface area (TPSA) is 84.7 Å². The molecule has 23 heavy (non-hydrogen) atoms. The molecule has 7 heteroatoms. The van der Waals surface area contributed by atoms with Gasteiger partial charge in [0.1, 0.15) is 11.6 Å². The summed E-state index contributed by atoms with van der Waals surface area (Å²) in [6, 6.07) is 3.86. The summed E-state index contributed by atoms with van der Waals surface area (Å²) in [6.07, 6.45) is 0. The monoisotopic (exact) mass is 316 g/mol. The number of carbonyl (C=O) groups is 1. The number of carbonyl (C=O) groups excluding carboxylic acids is 1. The Morgan fingerprint density at radius 3 is 2.52 bits per heavy atom. The minimum atomic E-state index is -0.00562. The number of aryl methyl sites for hydroxylation is 3. The Hall–Kier alpha value is -2.44. The molecule has 0 aliphatic carbocycles. The average molecular weight is 316 g/mol. The van der Waals surface area contributed by atoms with Crippen molar-refractivity contribution in [3.05, 3.63) is 29.3 Å². The van der Waals surface area contributed by atoms with Gasteiger partial charge in [-0.05, 0) is 26.8 Å². The molecule has 0 saturated carbocycles. The van der Waals surface area contributed by atoms with Crippen molar-refractivity contribution in [3.63, 3.8) is 0 Å². The zero-order valence-electron chi connectivity index (χ0n) is 14.3. The number of nitrogens with one attached hydrogen (secondary N) is 2. The average Bonchev–Trinajstić information content (AvgIpc) is 2.81. The predicted molar refractivity (Wildman–Crippen MR) is 89.7 cm³/mol. The van der Waals surface area contributed by atoms with E-state index in [2.05, 4.69) is 25.7 Å². The second-order valence-corrected chi connectivity index (χ2v) is 5.87. The Balaban J connectivity index is 2.03. The van der Waals surface area contributed by atoms with Gasteiger partial charge in [0, 0.05) is 30.8 Å². The van der Waals surface area contributed by atoms with Crippen molar-refractivity contribution in [1.82, 2.24) is 25.1 Å². The summed E-state index contributed by atoms with van der Waals surface area (Å²) in [4.78, 5) is 20.3. The highest BCUT2D eigenvalue weighted by molar-refractivity contribution is 5.77. The lowest BCUT2D eigenvalue weighted by Gasteiger charge is -2.11. The number of aromatic nitrogens is 4. The van der Waals surface area contributed by atoms with Crippen LogP contribution in [0.3, 0.4) is 0 Å². The summed E-state index contributed by atoms with van der Waals surface area (Å²) < 4.78 is 1.80. The van der Waals surface area contributed by atoms with Crippen molar-refractivity contribution in [3.8, 4) is 5.82 Å². The minimum Gasteiger partial charge on any atom is -0.368 e. The summed E-state index contributed by atoms with van der Waals surface area (Å²) in [6.45, 7) is 10.7. The van der Waals surface area contributed by atoms with Crippen LogP contribution in [0, 0.1) is 26.7 Å². The number of rotatable bonds is 6. The maximum Gasteiger partial charge on any atom is 0.222 e. The molecule has 2 heterocycles. The van der Waals surface area contributed by atoms with Gasteiger partial charge in [0.15, 0.2) is 5.82 Å². The van der Waals surface area contributed by atoms with E-state index >= 15 is 0 Å². The summed E-state index contributed by atoms with van der Waals surface area (Å²) in [5.41, 5.74) is 1.97. The van der Waals surface area contributed by atoms with E-state index in [0.29, 0.717) is 18.9 Å². The van der Waals surface area contributed by atoms with Crippen LogP contribution in [-0.4, -0.2) is 38.7 Å². The van der Waals surface area contributed by atoms with Crippen LogP contribution in [0.15, 0.2) is 12.1 Å². The van der Waals surface area contributed by atoms with Crippen LogP contribution in [0.2, 0.25) is 0 Å². The van der Waals surface area contributed by atoms with E-state index in [0.717, 1.165) is 23.0 Å². The molecule has 124 valence electrons. The van der Waals surface area contributed by atoms with Gasteiger partial charge in [0.25, 0.3) is 0 Å². The van der Waals surface area contributed by atoms with Crippen LogP contribution in [0.4, 0.5) is 5.82 Å². The fraction of sp³-hybridized carbons (Fsp3) is 0.500. The number of hydrogen-bond donors (Lipinski definition) is 2. The molecule has 0 spiro atoms. The van der Waals surface area contributed by atoms with E-state index in [4.69, 9.17) is 0 Å². The Morgan fingerprint density at radius 2 is 1.91 bits per heavy atom. The third kappa shape index (κ3) is 4.51. The Morgan fingerprint density at radius 1 is 1.17 bits per heavy atom. The highest BCUT2D eigenvalue weighted by Crippen LogP contribution is 2.13. The molecule has 7 nitrogen and oxygen atoms in total. The second-order valence-electron chi connectivity index (χ2n) is 5.87. The number of anilines is 1.